The summed E-state index contributed by atoms with van der Waals surface area (Å²) >= 11 is 0. The lowest BCUT2D eigenvalue weighted by atomic mass is 10.0. The van der Waals surface area contributed by atoms with E-state index in [1.807, 2.05) is 0 Å². The number of carbonyl (C=O) groups excluding carboxylic acids is 2. The zero-order valence-corrected chi connectivity index (χ0v) is 8.01. The number of esters is 1. The number of carbonyl (C=O) groups is 2. The molecule has 2 aliphatic rings. The zero-order chi connectivity index (χ0) is 10.8. The number of fused-ring (bicyclic) bond motifs is 1. The normalized spacial score (nSPS) is 23.0. The lowest BCUT2D eigenvalue weighted by Gasteiger charge is -2.15. The third-order valence-electron chi connectivity index (χ3n) is 2.07. The van der Waals surface area contributed by atoms with Crippen molar-refractivity contribution < 1.29 is 14.3 Å². The molecule has 0 saturated carbocycles. The van der Waals surface area contributed by atoms with Crippen molar-refractivity contribution in [1.29, 1.82) is 0 Å². The van der Waals surface area contributed by atoms with E-state index in [1.54, 1.807) is 12.2 Å². The number of amides is 1. The summed E-state index contributed by atoms with van der Waals surface area (Å²) in [6, 6.07) is -0.254. The van der Waals surface area contributed by atoms with Gasteiger partial charge in [-0.25, -0.2) is 9.79 Å². The summed E-state index contributed by atoms with van der Waals surface area (Å²) < 4.78 is 4.56. The molecule has 0 N–H and O–H groups in total. The van der Waals surface area contributed by atoms with Crippen LogP contribution in [0.2, 0.25) is 0 Å². The van der Waals surface area contributed by atoms with E-state index in [1.165, 1.54) is 19.4 Å². The van der Waals surface area contributed by atoms with Crippen LogP contribution >= 0.6 is 0 Å². The SMILES string of the molecule is COC(=O)C1=CC2=NC(=O)C=NC2C=C1. The molecule has 0 aromatic carbocycles. The van der Waals surface area contributed by atoms with Gasteiger partial charge in [-0.15, -0.1) is 0 Å². The van der Waals surface area contributed by atoms with Crippen LogP contribution in [0.3, 0.4) is 0 Å². The van der Waals surface area contributed by atoms with Crippen LogP contribution in [0.5, 0.6) is 0 Å². The van der Waals surface area contributed by atoms with Crippen molar-refractivity contribution in [1.82, 2.24) is 0 Å². The molecule has 0 aromatic rings. The minimum Gasteiger partial charge on any atom is -0.465 e. The molecule has 1 unspecified atom stereocenters. The van der Waals surface area contributed by atoms with Gasteiger partial charge in [0, 0.05) is 0 Å². The van der Waals surface area contributed by atoms with Crippen LogP contribution in [-0.2, 0) is 14.3 Å². The molecule has 1 amide bonds. The molecule has 5 nitrogen and oxygen atoms in total. The molecule has 1 aliphatic heterocycles. The Bertz CT molecular complexity index is 444. The topological polar surface area (TPSA) is 68.1 Å². The Kier molecular flexibility index (Phi) is 2.29. The summed E-state index contributed by atoms with van der Waals surface area (Å²) in [5, 5.41) is 0. The Morgan fingerprint density at radius 3 is 3.07 bits per heavy atom. The quantitative estimate of drug-likeness (QED) is 0.568. The number of aliphatic imine (C=N–C) groups is 2. The van der Waals surface area contributed by atoms with Gasteiger partial charge in [0.2, 0.25) is 0 Å². The second-order valence-electron chi connectivity index (χ2n) is 3.05. The fourth-order valence-electron chi connectivity index (χ4n) is 1.36. The zero-order valence-electron chi connectivity index (χ0n) is 8.01. The minimum atomic E-state index is -0.450. The van der Waals surface area contributed by atoms with E-state index in [0.717, 1.165) is 0 Å². The van der Waals surface area contributed by atoms with Crippen molar-refractivity contribution in [3.8, 4) is 0 Å². The highest BCUT2D eigenvalue weighted by molar-refractivity contribution is 6.33. The summed E-state index contributed by atoms with van der Waals surface area (Å²) in [5.74, 6) is -0.855. The lowest BCUT2D eigenvalue weighted by Crippen LogP contribution is -2.25. The van der Waals surface area contributed by atoms with Gasteiger partial charge in [0.05, 0.1) is 24.6 Å². The Hall–Kier alpha value is -2.04. The summed E-state index contributed by atoms with van der Waals surface area (Å²) in [7, 11) is 1.30. The fourth-order valence-corrected chi connectivity index (χ4v) is 1.36. The largest absolute Gasteiger partial charge is 0.465 e. The minimum absolute atomic E-state index is 0.254. The molecule has 5 heteroatoms. The highest BCUT2D eigenvalue weighted by Crippen LogP contribution is 2.14. The second kappa shape index (κ2) is 3.61. The number of hydrogen-bond acceptors (Lipinski definition) is 4. The first-order chi connectivity index (χ1) is 7.20. The molecule has 15 heavy (non-hydrogen) atoms. The van der Waals surface area contributed by atoms with Crippen molar-refractivity contribution in [2.24, 2.45) is 9.98 Å². The van der Waals surface area contributed by atoms with Gasteiger partial charge in [-0.3, -0.25) is 9.79 Å². The first-order valence-corrected chi connectivity index (χ1v) is 4.34. The predicted molar refractivity (Wildman–Crippen MR) is 54.0 cm³/mol. The number of rotatable bonds is 1. The van der Waals surface area contributed by atoms with Crippen molar-refractivity contribution >= 4 is 23.8 Å². The van der Waals surface area contributed by atoms with E-state index in [9.17, 15) is 9.59 Å². The van der Waals surface area contributed by atoms with E-state index in [-0.39, 0.29) is 6.04 Å². The van der Waals surface area contributed by atoms with E-state index < -0.39 is 11.9 Å². The van der Waals surface area contributed by atoms with Crippen LogP contribution in [0.25, 0.3) is 0 Å². The Morgan fingerprint density at radius 1 is 1.53 bits per heavy atom. The summed E-state index contributed by atoms with van der Waals surface area (Å²) in [5.41, 5.74) is 0.850. The molecule has 0 bridgehead atoms. The van der Waals surface area contributed by atoms with Crippen LogP contribution in [0.4, 0.5) is 0 Å². The monoisotopic (exact) mass is 204 g/mol. The predicted octanol–water partition coefficient (Wildman–Crippen LogP) is 0.0762. The molecule has 1 atom stereocenters. The van der Waals surface area contributed by atoms with Crippen molar-refractivity contribution in [3.63, 3.8) is 0 Å². The van der Waals surface area contributed by atoms with E-state index >= 15 is 0 Å². The molecular weight excluding hydrogens is 196 g/mol. The maximum atomic E-state index is 11.2. The second-order valence-corrected chi connectivity index (χ2v) is 3.05. The Morgan fingerprint density at radius 2 is 2.33 bits per heavy atom. The molecule has 0 fully saturated rings. The van der Waals surface area contributed by atoms with E-state index in [4.69, 9.17) is 0 Å². The summed E-state index contributed by atoms with van der Waals surface area (Å²) in [6.45, 7) is 0. The van der Waals surface area contributed by atoms with Crippen LogP contribution in [0.15, 0.2) is 33.8 Å². The molecular formula is C10H8N2O3. The smallest absolute Gasteiger partial charge is 0.337 e. The van der Waals surface area contributed by atoms with Gasteiger partial charge >= 0.3 is 5.97 Å². The van der Waals surface area contributed by atoms with Crippen molar-refractivity contribution in [3.05, 3.63) is 23.8 Å². The number of nitrogens with zero attached hydrogens (tertiary/aromatic N) is 2. The Balaban J connectivity index is 2.32. The van der Waals surface area contributed by atoms with Gasteiger partial charge in [-0.05, 0) is 12.2 Å². The van der Waals surface area contributed by atoms with Crippen LogP contribution in [0.1, 0.15) is 0 Å². The number of methoxy groups -OCH3 is 1. The van der Waals surface area contributed by atoms with Crippen LogP contribution in [-0.4, -0.2) is 37.0 Å². The average Bonchev–Trinajstić information content (AvgIpc) is 2.27. The van der Waals surface area contributed by atoms with Gasteiger partial charge in [-0.2, -0.15) is 0 Å². The number of ether oxygens (including phenoxy) is 1. The Labute approximate surface area is 85.9 Å². The van der Waals surface area contributed by atoms with Gasteiger partial charge in [0.1, 0.15) is 6.04 Å². The number of hydrogen-bond donors (Lipinski definition) is 0. The highest BCUT2D eigenvalue weighted by Gasteiger charge is 2.21. The van der Waals surface area contributed by atoms with Crippen LogP contribution in [0, 0.1) is 0 Å². The molecule has 1 heterocycles. The van der Waals surface area contributed by atoms with Gasteiger partial charge in [-0.1, -0.05) is 6.08 Å². The maximum Gasteiger partial charge on any atom is 0.337 e. The lowest BCUT2D eigenvalue weighted by molar-refractivity contribution is -0.135. The van der Waals surface area contributed by atoms with Crippen molar-refractivity contribution in [2.75, 3.05) is 7.11 Å². The van der Waals surface area contributed by atoms with Crippen LogP contribution < -0.4 is 0 Å². The average molecular weight is 204 g/mol. The maximum absolute atomic E-state index is 11.2. The highest BCUT2D eigenvalue weighted by atomic mass is 16.5. The molecule has 0 aromatic heterocycles. The van der Waals surface area contributed by atoms with Gasteiger partial charge < -0.3 is 4.74 Å². The molecule has 0 saturated heterocycles. The van der Waals surface area contributed by atoms with Crippen molar-refractivity contribution in [2.45, 2.75) is 6.04 Å². The third-order valence-corrected chi connectivity index (χ3v) is 2.07. The molecule has 0 spiro atoms. The van der Waals surface area contributed by atoms with Gasteiger partial charge in [0.15, 0.2) is 0 Å². The third kappa shape index (κ3) is 1.76. The van der Waals surface area contributed by atoms with E-state index in [0.29, 0.717) is 11.3 Å². The molecule has 2 rings (SSSR count). The molecule has 76 valence electrons. The standard InChI is InChI=1S/C10H8N2O3/c1-15-10(14)6-2-3-7-8(4-6)12-9(13)5-11-7/h2-5,7H,1H3. The molecule has 0 radical (unpaired) electrons. The fraction of sp³-hybridized carbons (Fsp3) is 0.200. The first-order valence-electron chi connectivity index (χ1n) is 4.34. The molecule has 1 aliphatic carbocycles. The van der Waals surface area contributed by atoms with Gasteiger partial charge in [0.25, 0.3) is 5.91 Å². The first kappa shape index (κ1) is 9.51. The summed E-state index contributed by atoms with van der Waals surface area (Å²) in [4.78, 5) is 29.9. The summed E-state index contributed by atoms with van der Waals surface area (Å²) in [6.07, 6.45) is 6.01. The van der Waals surface area contributed by atoms with E-state index in [2.05, 4.69) is 14.7 Å².